The molecule has 0 aliphatic heterocycles. The Labute approximate surface area is 128 Å². The second-order valence-electron chi connectivity index (χ2n) is 4.49. The predicted molar refractivity (Wildman–Crippen MR) is 79.8 cm³/mol. The zero-order valence-corrected chi connectivity index (χ0v) is 12.9. The van der Waals surface area contributed by atoms with Gasteiger partial charge in [0.1, 0.15) is 5.82 Å². The van der Waals surface area contributed by atoms with E-state index in [1.165, 1.54) is 23.1 Å². The summed E-state index contributed by atoms with van der Waals surface area (Å²) in [7, 11) is 0. The average molecular weight is 314 g/mol. The van der Waals surface area contributed by atoms with E-state index >= 15 is 0 Å². The van der Waals surface area contributed by atoms with E-state index in [0.29, 0.717) is 5.69 Å². The van der Waals surface area contributed by atoms with Gasteiger partial charge in [0.05, 0.1) is 11.6 Å². The Morgan fingerprint density at radius 1 is 1.38 bits per heavy atom. The number of anilines is 1. The number of nitrogens with zero attached hydrogens (tertiary/aromatic N) is 1. The summed E-state index contributed by atoms with van der Waals surface area (Å²) in [6.07, 6.45) is 2.18. The van der Waals surface area contributed by atoms with Gasteiger partial charge in [0.2, 0.25) is 0 Å². The number of esters is 1. The Kier molecular flexibility index (Phi) is 6.37. The van der Waals surface area contributed by atoms with Crippen LogP contribution in [0.4, 0.5) is 10.1 Å². The van der Waals surface area contributed by atoms with Crippen LogP contribution in [0.3, 0.4) is 0 Å². The van der Waals surface area contributed by atoms with Crippen LogP contribution in [-0.2, 0) is 14.3 Å². The topological polar surface area (TPSA) is 46.6 Å². The molecule has 0 fully saturated rings. The number of hydrogen-bond donors (Lipinski definition) is 0. The van der Waals surface area contributed by atoms with Crippen LogP contribution in [0.15, 0.2) is 30.4 Å². The van der Waals surface area contributed by atoms with Gasteiger partial charge in [0, 0.05) is 23.9 Å². The van der Waals surface area contributed by atoms with Gasteiger partial charge in [-0.25, -0.2) is 9.18 Å². The maximum atomic E-state index is 13.2. The molecule has 6 heteroatoms. The summed E-state index contributed by atoms with van der Waals surface area (Å²) >= 11 is 5.73. The Bertz CT molecular complexity index is 558. The maximum Gasteiger partial charge on any atom is 0.330 e. The SMILES string of the molecule is CCOC(=O)/C=C\C(=O)N(c1ccc(F)c(Cl)c1)C(C)C. The summed E-state index contributed by atoms with van der Waals surface area (Å²) in [4.78, 5) is 24.8. The molecule has 114 valence electrons. The highest BCUT2D eigenvalue weighted by atomic mass is 35.5. The lowest BCUT2D eigenvalue weighted by Crippen LogP contribution is -2.35. The minimum atomic E-state index is -0.591. The van der Waals surface area contributed by atoms with Gasteiger partial charge in [-0.1, -0.05) is 11.6 Å². The molecule has 1 aromatic rings. The first-order valence-electron chi connectivity index (χ1n) is 6.49. The van der Waals surface area contributed by atoms with E-state index in [9.17, 15) is 14.0 Å². The number of benzene rings is 1. The zero-order chi connectivity index (χ0) is 16.0. The summed E-state index contributed by atoms with van der Waals surface area (Å²) in [5.74, 6) is -1.56. The van der Waals surface area contributed by atoms with E-state index in [2.05, 4.69) is 0 Å². The van der Waals surface area contributed by atoms with Crippen LogP contribution in [0, 0.1) is 5.82 Å². The van der Waals surface area contributed by atoms with Crippen LogP contribution in [-0.4, -0.2) is 24.5 Å². The average Bonchev–Trinajstić information content (AvgIpc) is 2.40. The molecule has 0 aliphatic carbocycles. The van der Waals surface area contributed by atoms with Gasteiger partial charge in [-0.05, 0) is 39.0 Å². The second kappa shape index (κ2) is 7.78. The molecule has 1 amide bonds. The molecule has 0 bridgehead atoms. The molecule has 0 atom stereocenters. The third-order valence-corrected chi connectivity index (χ3v) is 2.87. The van der Waals surface area contributed by atoms with Gasteiger partial charge in [-0.3, -0.25) is 4.79 Å². The fourth-order valence-electron chi connectivity index (χ4n) is 1.72. The van der Waals surface area contributed by atoms with E-state index < -0.39 is 17.7 Å². The van der Waals surface area contributed by atoms with Crippen molar-refractivity contribution in [3.8, 4) is 0 Å². The summed E-state index contributed by atoms with van der Waals surface area (Å²) in [5, 5.41) is -0.0691. The number of halogens is 2. The molecule has 21 heavy (non-hydrogen) atoms. The first-order chi connectivity index (χ1) is 9.86. The van der Waals surface area contributed by atoms with Crippen molar-refractivity contribution in [3.63, 3.8) is 0 Å². The molecule has 1 aromatic carbocycles. The molecular weight excluding hydrogens is 297 g/mol. The summed E-state index contributed by atoms with van der Waals surface area (Å²) in [6, 6.07) is 3.82. The van der Waals surface area contributed by atoms with Gasteiger partial charge in [0.15, 0.2) is 0 Å². The normalized spacial score (nSPS) is 11.0. The number of carbonyl (C=O) groups excluding carboxylic acids is 2. The molecule has 0 saturated heterocycles. The van der Waals surface area contributed by atoms with Gasteiger partial charge < -0.3 is 9.64 Å². The maximum absolute atomic E-state index is 13.2. The fourth-order valence-corrected chi connectivity index (χ4v) is 1.90. The van der Waals surface area contributed by atoms with Gasteiger partial charge in [0.25, 0.3) is 5.91 Å². The van der Waals surface area contributed by atoms with Crippen molar-refractivity contribution in [2.45, 2.75) is 26.8 Å². The first-order valence-corrected chi connectivity index (χ1v) is 6.87. The minimum absolute atomic E-state index is 0.0691. The molecule has 0 saturated carbocycles. The van der Waals surface area contributed by atoms with Crippen molar-refractivity contribution < 1.29 is 18.7 Å². The number of rotatable bonds is 5. The molecule has 0 heterocycles. The van der Waals surface area contributed by atoms with Crippen molar-refractivity contribution in [3.05, 3.63) is 41.2 Å². The largest absolute Gasteiger partial charge is 0.463 e. The molecular formula is C15H17ClFNO3. The van der Waals surface area contributed by atoms with Gasteiger partial charge in [-0.2, -0.15) is 0 Å². The standard InChI is InChI=1S/C15H17ClFNO3/c1-4-21-15(20)8-7-14(19)18(10(2)3)11-5-6-13(17)12(16)9-11/h5-10H,4H2,1-3H3/b8-7-. The van der Waals surface area contributed by atoms with Crippen LogP contribution in [0.5, 0.6) is 0 Å². The van der Waals surface area contributed by atoms with Crippen molar-refractivity contribution in [1.82, 2.24) is 0 Å². The van der Waals surface area contributed by atoms with Crippen LogP contribution in [0.2, 0.25) is 5.02 Å². The predicted octanol–water partition coefficient (Wildman–Crippen LogP) is 3.34. The van der Waals surface area contributed by atoms with Crippen LogP contribution in [0.1, 0.15) is 20.8 Å². The Morgan fingerprint density at radius 3 is 2.57 bits per heavy atom. The summed E-state index contributed by atoms with van der Waals surface area (Å²) in [5.41, 5.74) is 0.454. The highest BCUT2D eigenvalue weighted by Crippen LogP contribution is 2.24. The minimum Gasteiger partial charge on any atom is -0.463 e. The monoisotopic (exact) mass is 313 g/mol. The Hall–Kier alpha value is -1.88. The van der Waals surface area contributed by atoms with Crippen LogP contribution < -0.4 is 4.90 Å². The molecule has 0 aromatic heterocycles. The molecule has 0 radical (unpaired) electrons. The van der Waals surface area contributed by atoms with Crippen LogP contribution >= 0.6 is 11.6 Å². The molecule has 1 rings (SSSR count). The lowest BCUT2D eigenvalue weighted by Gasteiger charge is -2.25. The first kappa shape index (κ1) is 17.2. The van der Waals surface area contributed by atoms with E-state index in [4.69, 9.17) is 16.3 Å². The van der Waals surface area contributed by atoms with E-state index in [1.807, 2.05) is 0 Å². The lowest BCUT2D eigenvalue weighted by molar-refractivity contribution is -0.137. The third-order valence-electron chi connectivity index (χ3n) is 2.58. The van der Waals surface area contributed by atoms with Gasteiger partial charge in [-0.15, -0.1) is 0 Å². The number of ether oxygens (including phenoxy) is 1. The summed E-state index contributed by atoms with van der Waals surface area (Å²) in [6.45, 7) is 5.51. The third kappa shape index (κ3) is 4.86. The Balaban J connectivity index is 2.98. The molecule has 0 unspecified atom stereocenters. The molecule has 0 aliphatic rings. The number of amides is 1. The molecule has 0 N–H and O–H groups in total. The summed E-state index contributed by atoms with van der Waals surface area (Å²) < 4.78 is 17.9. The van der Waals surface area contributed by atoms with Crippen molar-refractivity contribution in [2.24, 2.45) is 0 Å². The van der Waals surface area contributed by atoms with Crippen molar-refractivity contribution in [1.29, 1.82) is 0 Å². The van der Waals surface area contributed by atoms with E-state index in [0.717, 1.165) is 12.2 Å². The zero-order valence-electron chi connectivity index (χ0n) is 12.1. The van der Waals surface area contributed by atoms with Crippen molar-refractivity contribution in [2.75, 3.05) is 11.5 Å². The van der Waals surface area contributed by atoms with E-state index in [1.54, 1.807) is 20.8 Å². The number of carbonyl (C=O) groups is 2. The smallest absolute Gasteiger partial charge is 0.330 e. The van der Waals surface area contributed by atoms with E-state index in [-0.39, 0.29) is 17.7 Å². The highest BCUT2D eigenvalue weighted by Gasteiger charge is 2.18. The Morgan fingerprint density at radius 2 is 2.05 bits per heavy atom. The number of hydrogen-bond acceptors (Lipinski definition) is 3. The second-order valence-corrected chi connectivity index (χ2v) is 4.89. The molecule has 0 spiro atoms. The molecule has 4 nitrogen and oxygen atoms in total. The fraction of sp³-hybridized carbons (Fsp3) is 0.333. The lowest BCUT2D eigenvalue weighted by atomic mass is 10.2. The van der Waals surface area contributed by atoms with Gasteiger partial charge >= 0.3 is 5.97 Å². The van der Waals surface area contributed by atoms with Crippen LogP contribution in [0.25, 0.3) is 0 Å². The highest BCUT2D eigenvalue weighted by molar-refractivity contribution is 6.31. The quantitative estimate of drug-likeness (QED) is 0.618. The van der Waals surface area contributed by atoms with Crippen molar-refractivity contribution >= 4 is 29.2 Å².